The molecule has 1 heterocycles. The molecule has 0 aliphatic rings. The first-order chi connectivity index (χ1) is 8.99. The van der Waals surface area contributed by atoms with Gasteiger partial charge in [0.25, 0.3) is 0 Å². The molecule has 2 aromatic rings. The maximum absolute atomic E-state index is 11.2. The Balaban J connectivity index is 2.48. The van der Waals surface area contributed by atoms with E-state index in [1.165, 1.54) is 11.1 Å². The van der Waals surface area contributed by atoms with Crippen LogP contribution >= 0.6 is 0 Å². The first-order valence-corrected chi connectivity index (χ1v) is 6.61. The zero-order chi connectivity index (χ0) is 14.0. The molecule has 0 aliphatic heterocycles. The molecule has 0 unspecified atom stereocenters. The van der Waals surface area contributed by atoms with Gasteiger partial charge in [0.1, 0.15) is 5.69 Å². The van der Waals surface area contributed by atoms with Gasteiger partial charge in [-0.25, -0.2) is 0 Å². The third-order valence-corrected chi connectivity index (χ3v) is 2.96. The molecule has 3 nitrogen and oxygen atoms in total. The second-order valence-electron chi connectivity index (χ2n) is 5.54. The predicted octanol–water partition coefficient (Wildman–Crippen LogP) is 3.64. The fraction of sp³-hybridized carbons (Fsp3) is 0.375. The molecule has 0 fully saturated rings. The van der Waals surface area contributed by atoms with Crippen LogP contribution in [0.15, 0.2) is 24.4 Å². The van der Waals surface area contributed by atoms with E-state index < -0.39 is 0 Å². The molecule has 1 aromatic heterocycles. The molecule has 100 valence electrons. The van der Waals surface area contributed by atoms with Crippen LogP contribution in [-0.4, -0.2) is 16.1 Å². The highest BCUT2D eigenvalue weighted by Crippen LogP contribution is 2.23. The van der Waals surface area contributed by atoms with Crippen LogP contribution < -0.4 is 0 Å². The third-order valence-electron chi connectivity index (χ3n) is 2.96. The molecule has 0 saturated heterocycles. The van der Waals surface area contributed by atoms with Crippen LogP contribution in [0.1, 0.15) is 35.3 Å². The Kier molecular flexibility index (Phi) is 3.84. The summed E-state index contributed by atoms with van der Waals surface area (Å²) in [6.45, 7) is 9.22. The number of aromatic nitrogens is 2. The summed E-state index contributed by atoms with van der Waals surface area (Å²) in [6.07, 6.45) is 2.72. The predicted molar refractivity (Wildman–Crippen MR) is 77.4 cm³/mol. The van der Waals surface area contributed by atoms with Crippen molar-refractivity contribution in [2.24, 2.45) is 5.92 Å². The lowest BCUT2D eigenvalue weighted by Gasteiger charge is -2.05. The van der Waals surface area contributed by atoms with E-state index in [0.29, 0.717) is 11.5 Å². The average molecular weight is 256 g/mol. The van der Waals surface area contributed by atoms with Crippen LogP contribution in [0.3, 0.4) is 0 Å². The molecule has 0 aliphatic carbocycles. The summed E-state index contributed by atoms with van der Waals surface area (Å²) >= 11 is 0. The van der Waals surface area contributed by atoms with Gasteiger partial charge in [-0.3, -0.25) is 9.48 Å². The topological polar surface area (TPSA) is 34.9 Å². The van der Waals surface area contributed by atoms with Crippen LogP contribution in [-0.2, 0) is 6.54 Å². The molecule has 19 heavy (non-hydrogen) atoms. The molecule has 0 amide bonds. The van der Waals surface area contributed by atoms with Crippen molar-refractivity contribution in [3.63, 3.8) is 0 Å². The van der Waals surface area contributed by atoms with Crippen molar-refractivity contribution in [3.05, 3.63) is 41.1 Å². The molecule has 0 N–H and O–H groups in total. The van der Waals surface area contributed by atoms with Crippen LogP contribution in [0.2, 0.25) is 0 Å². The molecule has 1 aromatic carbocycles. The number of aryl methyl sites for hydroxylation is 2. The third kappa shape index (κ3) is 3.11. The van der Waals surface area contributed by atoms with E-state index in [1.807, 2.05) is 10.9 Å². The van der Waals surface area contributed by atoms with E-state index in [0.717, 1.165) is 24.1 Å². The highest BCUT2D eigenvalue weighted by molar-refractivity contribution is 5.85. The number of hydrogen-bond donors (Lipinski definition) is 0. The zero-order valence-electron chi connectivity index (χ0n) is 12.0. The molecular weight excluding hydrogens is 236 g/mol. The van der Waals surface area contributed by atoms with Crippen molar-refractivity contribution in [1.29, 1.82) is 0 Å². The second-order valence-corrected chi connectivity index (χ2v) is 5.54. The van der Waals surface area contributed by atoms with Gasteiger partial charge in [0.15, 0.2) is 6.29 Å². The number of carbonyl (C=O) groups excluding carboxylic acids is 1. The van der Waals surface area contributed by atoms with Crippen LogP contribution in [0.4, 0.5) is 0 Å². The summed E-state index contributed by atoms with van der Waals surface area (Å²) in [5, 5.41) is 4.56. The van der Waals surface area contributed by atoms with Crippen LogP contribution in [0, 0.1) is 19.8 Å². The van der Waals surface area contributed by atoms with Crippen molar-refractivity contribution in [3.8, 4) is 11.3 Å². The molecular formula is C16H20N2O. The van der Waals surface area contributed by atoms with E-state index in [2.05, 4.69) is 51.0 Å². The van der Waals surface area contributed by atoms with Gasteiger partial charge >= 0.3 is 0 Å². The van der Waals surface area contributed by atoms with Crippen LogP contribution in [0.5, 0.6) is 0 Å². The van der Waals surface area contributed by atoms with Gasteiger partial charge in [-0.15, -0.1) is 0 Å². The maximum Gasteiger partial charge on any atom is 0.153 e. The van der Waals surface area contributed by atoms with Gasteiger partial charge in [0, 0.05) is 18.3 Å². The summed E-state index contributed by atoms with van der Waals surface area (Å²) in [5.74, 6) is 0.506. The van der Waals surface area contributed by atoms with E-state index in [9.17, 15) is 4.79 Å². The molecule has 0 radical (unpaired) electrons. The summed E-state index contributed by atoms with van der Waals surface area (Å²) in [4.78, 5) is 11.2. The number of benzene rings is 1. The Morgan fingerprint density at radius 2 is 1.84 bits per heavy atom. The Bertz CT molecular complexity index is 577. The van der Waals surface area contributed by atoms with Gasteiger partial charge in [-0.1, -0.05) is 31.0 Å². The van der Waals surface area contributed by atoms with Crippen molar-refractivity contribution in [2.75, 3.05) is 0 Å². The van der Waals surface area contributed by atoms with Gasteiger partial charge in [0.05, 0.1) is 5.56 Å². The fourth-order valence-corrected chi connectivity index (χ4v) is 2.33. The summed E-state index contributed by atoms with van der Waals surface area (Å²) in [5.41, 5.74) is 4.82. The molecule has 0 spiro atoms. The van der Waals surface area contributed by atoms with Gasteiger partial charge in [-0.2, -0.15) is 5.10 Å². The van der Waals surface area contributed by atoms with Gasteiger partial charge < -0.3 is 0 Å². The van der Waals surface area contributed by atoms with Gasteiger partial charge in [0.2, 0.25) is 0 Å². The fourth-order valence-electron chi connectivity index (χ4n) is 2.33. The Hall–Kier alpha value is -1.90. The lowest BCUT2D eigenvalue weighted by Crippen LogP contribution is -2.04. The zero-order valence-corrected chi connectivity index (χ0v) is 12.0. The summed E-state index contributed by atoms with van der Waals surface area (Å²) in [6, 6.07) is 6.26. The van der Waals surface area contributed by atoms with Crippen molar-refractivity contribution in [2.45, 2.75) is 34.2 Å². The van der Waals surface area contributed by atoms with Gasteiger partial charge in [-0.05, 0) is 31.9 Å². The number of aldehydes is 1. The summed E-state index contributed by atoms with van der Waals surface area (Å²) < 4.78 is 1.86. The molecule has 2 rings (SSSR count). The second kappa shape index (κ2) is 5.39. The highest BCUT2D eigenvalue weighted by Gasteiger charge is 2.12. The van der Waals surface area contributed by atoms with E-state index in [-0.39, 0.29) is 0 Å². The van der Waals surface area contributed by atoms with Crippen molar-refractivity contribution < 1.29 is 4.79 Å². The minimum atomic E-state index is 0.506. The molecule has 0 bridgehead atoms. The van der Waals surface area contributed by atoms with E-state index >= 15 is 0 Å². The van der Waals surface area contributed by atoms with E-state index in [4.69, 9.17) is 0 Å². The van der Waals surface area contributed by atoms with Crippen LogP contribution in [0.25, 0.3) is 11.3 Å². The lowest BCUT2D eigenvalue weighted by molar-refractivity contribution is 0.112. The Morgan fingerprint density at radius 3 is 2.37 bits per heavy atom. The Labute approximate surface area is 114 Å². The monoisotopic (exact) mass is 256 g/mol. The molecule has 0 saturated carbocycles. The number of carbonyl (C=O) groups is 1. The first kappa shape index (κ1) is 13.5. The minimum absolute atomic E-state index is 0.506. The minimum Gasteiger partial charge on any atom is -0.298 e. The first-order valence-electron chi connectivity index (χ1n) is 6.61. The van der Waals surface area contributed by atoms with Crippen molar-refractivity contribution in [1.82, 2.24) is 9.78 Å². The lowest BCUT2D eigenvalue weighted by atomic mass is 10.0. The molecule has 0 atom stereocenters. The summed E-state index contributed by atoms with van der Waals surface area (Å²) in [7, 11) is 0. The maximum atomic E-state index is 11.2. The molecule has 3 heteroatoms. The standard InChI is InChI=1S/C16H20N2O/c1-11(2)8-18-9-15(10-19)16(17-18)14-6-12(3)5-13(4)7-14/h5-7,9-11H,8H2,1-4H3. The average Bonchev–Trinajstić information content (AvgIpc) is 2.69. The smallest absolute Gasteiger partial charge is 0.153 e. The highest BCUT2D eigenvalue weighted by atomic mass is 16.1. The number of nitrogens with zero attached hydrogens (tertiary/aromatic N) is 2. The number of rotatable bonds is 4. The quantitative estimate of drug-likeness (QED) is 0.783. The SMILES string of the molecule is Cc1cc(C)cc(-c2nn(CC(C)C)cc2C=O)c1. The largest absolute Gasteiger partial charge is 0.298 e. The van der Waals surface area contributed by atoms with E-state index in [1.54, 1.807) is 0 Å². The normalized spacial score (nSPS) is 11.0. The number of hydrogen-bond acceptors (Lipinski definition) is 2. The van der Waals surface area contributed by atoms with Crippen molar-refractivity contribution >= 4 is 6.29 Å². The Morgan fingerprint density at radius 1 is 1.21 bits per heavy atom.